The molecule has 0 saturated carbocycles. The molecule has 124 valence electrons. The van der Waals surface area contributed by atoms with E-state index in [2.05, 4.69) is 10.3 Å². The quantitative estimate of drug-likeness (QED) is 0.900. The summed E-state index contributed by atoms with van der Waals surface area (Å²) in [6.45, 7) is 9.07. The van der Waals surface area contributed by atoms with E-state index in [-0.39, 0.29) is 5.91 Å². The molecule has 7 heteroatoms. The van der Waals surface area contributed by atoms with Crippen LogP contribution in [0.5, 0.6) is 0 Å². The second-order valence-electron chi connectivity index (χ2n) is 6.55. The molecule has 2 aromatic rings. The molecular formula is C16H21N3O3S. The van der Waals surface area contributed by atoms with Gasteiger partial charge in [-0.15, -0.1) is 11.3 Å². The van der Waals surface area contributed by atoms with E-state index in [1.165, 1.54) is 11.3 Å². The van der Waals surface area contributed by atoms with Crippen molar-refractivity contribution in [1.29, 1.82) is 0 Å². The lowest BCUT2D eigenvalue weighted by molar-refractivity contribution is -0.142. The van der Waals surface area contributed by atoms with E-state index in [4.69, 9.17) is 0 Å². The average Bonchev–Trinajstić information content (AvgIpc) is 3.02. The van der Waals surface area contributed by atoms with Crippen LogP contribution in [0.1, 0.15) is 42.5 Å². The van der Waals surface area contributed by atoms with Gasteiger partial charge in [-0.25, -0.2) is 9.78 Å². The number of carbonyl (C=O) groups excluding carboxylic acids is 1. The van der Waals surface area contributed by atoms with Crippen LogP contribution in [0.3, 0.4) is 0 Å². The van der Waals surface area contributed by atoms with Crippen LogP contribution < -0.4 is 5.32 Å². The first-order chi connectivity index (χ1) is 10.6. The van der Waals surface area contributed by atoms with Gasteiger partial charge < -0.3 is 10.4 Å². The highest BCUT2D eigenvalue weighted by Crippen LogP contribution is 2.24. The number of thiazole rings is 1. The Balaban J connectivity index is 2.34. The zero-order chi connectivity index (χ0) is 17.4. The molecule has 2 rings (SSSR count). The summed E-state index contributed by atoms with van der Waals surface area (Å²) in [5.74, 6) is -1.43. The zero-order valence-corrected chi connectivity index (χ0v) is 14.7. The molecule has 0 spiro atoms. The van der Waals surface area contributed by atoms with Gasteiger partial charge >= 0.3 is 5.97 Å². The van der Waals surface area contributed by atoms with Crippen molar-refractivity contribution < 1.29 is 14.7 Å². The number of aryl methyl sites for hydroxylation is 1. The van der Waals surface area contributed by atoms with Gasteiger partial charge in [0.25, 0.3) is 5.91 Å². The summed E-state index contributed by atoms with van der Waals surface area (Å²) in [5, 5.41) is 14.6. The molecule has 0 saturated heterocycles. The summed E-state index contributed by atoms with van der Waals surface area (Å²) in [5.41, 5.74) is 1.51. The van der Waals surface area contributed by atoms with E-state index in [0.717, 1.165) is 16.5 Å². The highest BCUT2D eigenvalue weighted by Gasteiger charge is 2.33. The van der Waals surface area contributed by atoms with Gasteiger partial charge in [0.1, 0.15) is 6.04 Å². The Morgan fingerprint density at radius 2 is 2.00 bits per heavy atom. The Hall–Kier alpha value is -2.15. The van der Waals surface area contributed by atoms with E-state index in [1.807, 2.05) is 23.8 Å². The van der Waals surface area contributed by atoms with Crippen molar-refractivity contribution >= 4 is 23.2 Å². The number of carbonyl (C=O) groups is 2. The van der Waals surface area contributed by atoms with Crippen molar-refractivity contribution in [2.24, 2.45) is 5.41 Å². The van der Waals surface area contributed by atoms with E-state index in [1.54, 1.807) is 33.0 Å². The summed E-state index contributed by atoms with van der Waals surface area (Å²) < 4.78 is 1.90. The number of amides is 1. The second-order valence-corrected chi connectivity index (χ2v) is 7.42. The van der Waals surface area contributed by atoms with Gasteiger partial charge in [-0.2, -0.15) is 0 Å². The summed E-state index contributed by atoms with van der Waals surface area (Å²) in [7, 11) is 0. The normalized spacial score (nSPS) is 12.9. The predicted molar refractivity (Wildman–Crippen MR) is 89.3 cm³/mol. The van der Waals surface area contributed by atoms with Gasteiger partial charge in [0.15, 0.2) is 5.13 Å². The van der Waals surface area contributed by atoms with Gasteiger partial charge in [-0.1, -0.05) is 20.8 Å². The molecule has 2 aromatic heterocycles. The Labute approximate surface area is 139 Å². The van der Waals surface area contributed by atoms with Crippen LogP contribution in [0.15, 0.2) is 17.6 Å². The maximum atomic E-state index is 12.6. The Bertz CT molecular complexity index is 727. The number of nitrogens with one attached hydrogen (secondary N) is 1. The SMILES string of the molecule is Cc1cc(C(=O)N[C@H](C(=O)O)C(C)(C)C)c(C)n1-c1nccs1. The standard InChI is InChI=1S/C16H21N3O3S/c1-9-8-11(10(2)19(9)15-17-6-7-23-15)13(20)18-12(14(21)22)16(3,4)5/h6-8,12H,1-5H3,(H,18,20)(H,21,22)/t12-/m1/s1. The Morgan fingerprint density at radius 3 is 2.48 bits per heavy atom. The van der Waals surface area contributed by atoms with Crippen molar-refractivity contribution in [3.05, 3.63) is 34.6 Å². The number of carboxylic acids is 1. The van der Waals surface area contributed by atoms with Crippen molar-refractivity contribution in [3.63, 3.8) is 0 Å². The summed E-state index contributed by atoms with van der Waals surface area (Å²) in [4.78, 5) is 28.3. The molecule has 0 fully saturated rings. The van der Waals surface area contributed by atoms with Gasteiger partial charge in [0, 0.05) is 23.0 Å². The second kappa shape index (κ2) is 6.16. The molecule has 0 aromatic carbocycles. The number of nitrogens with zero attached hydrogens (tertiary/aromatic N) is 2. The molecule has 2 heterocycles. The topological polar surface area (TPSA) is 84.2 Å². The number of rotatable bonds is 4. The van der Waals surface area contributed by atoms with Crippen LogP contribution in [-0.2, 0) is 4.79 Å². The lowest BCUT2D eigenvalue weighted by Gasteiger charge is -2.27. The van der Waals surface area contributed by atoms with Crippen molar-refractivity contribution in [1.82, 2.24) is 14.9 Å². The van der Waals surface area contributed by atoms with Crippen molar-refractivity contribution in [2.45, 2.75) is 40.7 Å². The molecule has 0 unspecified atom stereocenters. The molecule has 1 atom stereocenters. The molecule has 0 bridgehead atoms. The molecule has 0 aliphatic carbocycles. The molecule has 0 radical (unpaired) electrons. The number of hydrogen-bond donors (Lipinski definition) is 2. The zero-order valence-electron chi connectivity index (χ0n) is 13.9. The van der Waals surface area contributed by atoms with Crippen LogP contribution in [0, 0.1) is 19.3 Å². The maximum Gasteiger partial charge on any atom is 0.326 e. The monoisotopic (exact) mass is 335 g/mol. The third-order valence-corrected chi connectivity index (χ3v) is 4.43. The largest absolute Gasteiger partial charge is 0.480 e. The van der Waals surface area contributed by atoms with Crippen LogP contribution >= 0.6 is 11.3 Å². The molecule has 0 aliphatic heterocycles. The summed E-state index contributed by atoms with van der Waals surface area (Å²) in [6, 6.07) is 0.797. The van der Waals surface area contributed by atoms with E-state index in [9.17, 15) is 14.7 Å². The lowest BCUT2D eigenvalue weighted by atomic mass is 9.86. The highest BCUT2D eigenvalue weighted by molar-refractivity contribution is 7.12. The van der Waals surface area contributed by atoms with Crippen molar-refractivity contribution in [3.8, 4) is 5.13 Å². The molecule has 1 amide bonds. The fraction of sp³-hybridized carbons (Fsp3) is 0.438. The molecule has 0 aliphatic rings. The predicted octanol–water partition coefficient (Wildman–Crippen LogP) is 2.78. The van der Waals surface area contributed by atoms with Crippen LogP contribution in [-0.4, -0.2) is 32.6 Å². The third-order valence-electron chi connectivity index (χ3n) is 3.67. The first kappa shape index (κ1) is 17.2. The number of carboxylic acid groups (broad SMARTS) is 1. The first-order valence-corrected chi connectivity index (χ1v) is 8.13. The fourth-order valence-corrected chi connectivity index (χ4v) is 3.22. The number of aliphatic carboxylic acids is 1. The average molecular weight is 335 g/mol. The molecule has 2 N–H and O–H groups in total. The van der Waals surface area contributed by atoms with Gasteiger partial charge in [-0.05, 0) is 25.3 Å². The van der Waals surface area contributed by atoms with E-state index < -0.39 is 17.4 Å². The van der Waals surface area contributed by atoms with Crippen molar-refractivity contribution in [2.75, 3.05) is 0 Å². The Kier molecular flexibility index (Phi) is 4.61. The number of aromatic nitrogens is 2. The Morgan fingerprint density at radius 1 is 1.35 bits per heavy atom. The van der Waals surface area contributed by atoms with Crippen LogP contribution in [0.2, 0.25) is 0 Å². The first-order valence-electron chi connectivity index (χ1n) is 7.25. The van der Waals surface area contributed by atoms with Crippen LogP contribution in [0.25, 0.3) is 5.13 Å². The number of hydrogen-bond acceptors (Lipinski definition) is 4. The lowest BCUT2D eigenvalue weighted by Crippen LogP contribution is -2.49. The smallest absolute Gasteiger partial charge is 0.326 e. The fourth-order valence-electron chi connectivity index (χ4n) is 2.47. The maximum absolute atomic E-state index is 12.6. The van der Waals surface area contributed by atoms with Gasteiger partial charge in [-0.3, -0.25) is 9.36 Å². The summed E-state index contributed by atoms with van der Waals surface area (Å²) >= 11 is 1.48. The molecular weight excluding hydrogens is 314 g/mol. The van der Waals surface area contributed by atoms with E-state index in [0.29, 0.717) is 5.56 Å². The molecule has 23 heavy (non-hydrogen) atoms. The summed E-state index contributed by atoms with van der Waals surface area (Å²) in [6.07, 6.45) is 1.71. The highest BCUT2D eigenvalue weighted by atomic mass is 32.1. The minimum absolute atomic E-state index is 0.386. The minimum atomic E-state index is -1.04. The molecule has 6 nitrogen and oxygen atoms in total. The minimum Gasteiger partial charge on any atom is -0.480 e. The van der Waals surface area contributed by atoms with E-state index >= 15 is 0 Å². The van der Waals surface area contributed by atoms with Gasteiger partial charge in [0.05, 0.1) is 5.56 Å². The third kappa shape index (κ3) is 3.44. The van der Waals surface area contributed by atoms with Gasteiger partial charge in [0.2, 0.25) is 0 Å². The van der Waals surface area contributed by atoms with Crippen LogP contribution in [0.4, 0.5) is 0 Å².